The zero-order valence-electron chi connectivity index (χ0n) is 9.69. The molecule has 0 aliphatic heterocycles. The highest BCUT2D eigenvalue weighted by Crippen LogP contribution is 2.24. The zero-order chi connectivity index (χ0) is 12.1. The number of rotatable bonds is 4. The SMILES string of the molecule is C=Cc1ccccc1Nc1ccccc1C=C. The van der Waals surface area contributed by atoms with Crippen molar-refractivity contribution >= 4 is 23.5 Å². The van der Waals surface area contributed by atoms with Gasteiger partial charge in [-0.15, -0.1) is 0 Å². The molecule has 2 rings (SSSR count). The summed E-state index contributed by atoms with van der Waals surface area (Å²) in [6, 6.07) is 16.2. The summed E-state index contributed by atoms with van der Waals surface area (Å²) in [7, 11) is 0. The Bertz CT molecular complexity index is 491. The molecule has 0 spiro atoms. The molecule has 0 aromatic heterocycles. The summed E-state index contributed by atoms with van der Waals surface area (Å²) < 4.78 is 0. The van der Waals surface area contributed by atoms with E-state index in [0.29, 0.717) is 0 Å². The van der Waals surface area contributed by atoms with Gasteiger partial charge in [-0.1, -0.05) is 61.7 Å². The van der Waals surface area contributed by atoms with Crippen LogP contribution in [0.25, 0.3) is 12.2 Å². The summed E-state index contributed by atoms with van der Waals surface area (Å²) in [6.45, 7) is 7.63. The van der Waals surface area contributed by atoms with Gasteiger partial charge in [0.15, 0.2) is 0 Å². The van der Waals surface area contributed by atoms with Crippen LogP contribution in [0.3, 0.4) is 0 Å². The minimum atomic E-state index is 1.05. The van der Waals surface area contributed by atoms with Crippen LogP contribution < -0.4 is 5.32 Å². The number of para-hydroxylation sites is 2. The second kappa shape index (κ2) is 5.17. The molecule has 2 aromatic carbocycles. The number of anilines is 2. The van der Waals surface area contributed by atoms with Crippen LogP contribution in [0, 0.1) is 0 Å². The maximum absolute atomic E-state index is 3.82. The van der Waals surface area contributed by atoms with Crippen LogP contribution in [0.1, 0.15) is 11.1 Å². The predicted octanol–water partition coefficient (Wildman–Crippen LogP) is 4.72. The first kappa shape index (κ1) is 11.2. The highest BCUT2D eigenvalue weighted by Gasteiger charge is 2.01. The molecule has 0 saturated heterocycles. The lowest BCUT2D eigenvalue weighted by Crippen LogP contribution is -1.94. The smallest absolute Gasteiger partial charge is 0.0457 e. The Balaban J connectivity index is 2.37. The highest BCUT2D eigenvalue weighted by atomic mass is 14.9. The molecular weight excluding hydrogens is 206 g/mol. The largest absolute Gasteiger partial charge is 0.355 e. The van der Waals surface area contributed by atoms with Gasteiger partial charge in [-0.25, -0.2) is 0 Å². The summed E-state index contributed by atoms with van der Waals surface area (Å²) in [5, 5.41) is 3.40. The number of nitrogens with one attached hydrogen (secondary N) is 1. The maximum atomic E-state index is 3.82. The van der Waals surface area contributed by atoms with Crippen molar-refractivity contribution in [2.45, 2.75) is 0 Å². The summed E-state index contributed by atoms with van der Waals surface area (Å²) in [5.41, 5.74) is 4.28. The van der Waals surface area contributed by atoms with Gasteiger partial charge < -0.3 is 5.32 Å². The number of hydrogen-bond acceptors (Lipinski definition) is 1. The number of benzene rings is 2. The van der Waals surface area contributed by atoms with Crippen LogP contribution in [0.2, 0.25) is 0 Å². The molecule has 0 aliphatic carbocycles. The third-order valence-electron chi connectivity index (χ3n) is 2.63. The van der Waals surface area contributed by atoms with Crippen LogP contribution in [0.4, 0.5) is 11.4 Å². The molecule has 0 heterocycles. The van der Waals surface area contributed by atoms with Crippen molar-refractivity contribution in [3.05, 3.63) is 72.8 Å². The van der Waals surface area contributed by atoms with E-state index >= 15 is 0 Å². The van der Waals surface area contributed by atoms with Crippen LogP contribution in [0.5, 0.6) is 0 Å². The van der Waals surface area contributed by atoms with Gasteiger partial charge in [0.25, 0.3) is 0 Å². The molecular formula is C16H15N. The first-order valence-electron chi connectivity index (χ1n) is 5.55. The molecule has 17 heavy (non-hydrogen) atoms. The molecule has 0 fully saturated rings. The Hall–Kier alpha value is -2.28. The van der Waals surface area contributed by atoms with Gasteiger partial charge in [-0.05, 0) is 23.3 Å². The fraction of sp³-hybridized carbons (Fsp3) is 0. The van der Waals surface area contributed by atoms with E-state index in [-0.39, 0.29) is 0 Å². The molecule has 1 heteroatoms. The van der Waals surface area contributed by atoms with E-state index < -0.39 is 0 Å². The summed E-state index contributed by atoms with van der Waals surface area (Å²) in [4.78, 5) is 0. The van der Waals surface area contributed by atoms with Gasteiger partial charge in [0.05, 0.1) is 0 Å². The summed E-state index contributed by atoms with van der Waals surface area (Å²) in [6.07, 6.45) is 3.69. The normalized spacial score (nSPS) is 9.65. The Morgan fingerprint density at radius 1 is 0.706 bits per heavy atom. The molecule has 0 radical (unpaired) electrons. The monoisotopic (exact) mass is 221 g/mol. The Morgan fingerprint density at radius 2 is 1.12 bits per heavy atom. The van der Waals surface area contributed by atoms with Gasteiger partial charge in [0.2, 0.25) is 0 Å². The van der Waals surface area contributed by atoms with Gasteiger partial charge in [-0.2, -0.15) is 0 Å². The van der Waals surface area contributed by atoms with E-state index in [4.69, 9.17) is 0 Å². The van der Waals surface area contributed by atoms with Crippen molar-refractivity contribution in [1.29, 1.82) is 0 Å². The van der Waals surface area contributed by atoms with Crippen molar-refractivity contribution < 1.29 is 0 Å². The van der Waals surface area contributed by atoms with Crippen molar-refractivity contribution in [2.75, 3.05) is 5.32 Å². The van der Waals surface area contributed by atoms with E-state index in [2.05, 4.69) is 18.5 Å². The molecule has 0 saturated carbocycles. The van der Waals surface area contributed by atoms with Crippen LogP contribution in [-0.4, -0.2) is 0 Å². The molecule has 0 amide bonds. The fourth-order valence-electron chi connectivity index (χ4n) is 1.72. The molecule has 84 valence electrons. The second-order valence-corrected chi connectivity index (χ2v) is 3.71. The standard InChI is InChI=1S/C16H15N/c1-3-13-9-5-7-11-15(13)17-16-12-8-6-10-14(16)4-2/h3-12,17H,1-2H2. The third-order valence-corrected chi connectivity index (χ3v) is 2.63. The quantitative estimate of drug-likeness (QED) is 0.788. The van der Waals surface area contributed by atoms with Crippen molar-refractivity contribution in [3.8, 4) is 0 Å². The van der Waals surface area contributed by atoms with E-state index in [0.717, 1.165) is 22.5 Å². The first-order valence-corrected chi connectivity index (χ1v) is 5.55. The van der Waals surface area contributed by atoms with Gasteiger partial charge in [-0.3, -0.25) is 0 Å². The fourth-order valence-corrected chi connectivity index (χ4v) is 1.72. The third kappa shape index (κ3) is 2.45. The van der Waals surface area contributed by atoms with Crippen LogP contribution in [0.15, 0.2) is 61.7 Å². The van der Waals surface area contributed by atoms with E-state index in [9.17, 15) is 0 Å². The average Bonchev–Trinajstić information content (AvgIpc) is 2.40. The lowest BCUT2D eigenvalue weighted by molar-refractivity contribution is 1.52. The molecule has 0 atom stereocenters. The zero-order valence-corrected chi connectivity index (χ0v) is 9.69. The molecule has 0 bridgehead atoms. The summed E-state index contributed by atoms with van der Waals surface area (Å²) >= 11 is 0. The van der Waals surface area contributed by atoms with Crippen molar-refractivity contribution in [2.24, 2.45) is 0 Å². The molecule has 1 nitrogen and oxygen atoms in total. The summed E-state index contributed by atoms with van der Waals surface area (Å²) in [5.74, 6) is 0. The van der Waals surface area contributed by atoms with E-state index in [1.807, 2.05) is 60.7 Å². The Labute approximate surface area is 102 Å². The lowest BCUT2D eigenvalue weighted by atomic mass is 10.1. The molecule has 1 N–H and O–H groups in total. The Morgan fingerprint density at radius 3 is 1.53 bits per heavy atom. The van der Waals surface area contributed by atoms with Crippen molar-refractivity contribution in [3.63, 3.8) is 0 Å². The van der Waals surface area contributed by atoms with E-state index in [1.54, 1.807) is 0 Å². The second-order valence-electron chi connectivity index (χ2n) is 3.71. The Kier molecular flexibility index (Phi) is 3.41. The maximum Gasteiger partial charge on any atom is 0.0457 e. The molecule has 2 aromatic rings. The van der Waals surface area contributed by atoms with Gasteiger partial charge in [0.1, 0.15) is 0 Å². The highest BCUT2D eigenvalue weighted by molar-refractivity contribution is 5.76. The van der Waals surface area contributed by atoms with Gasteiger partial charge >= 0.3 is 0 Å². The van der Waals surface area contributed by atoms with Gasteiger partial charge in [0, 0.05) is 11.4 Å². The van der Waals surface area contributed by atoms with E-state index in [1.165, 1.54) is 0 Å². The molecule has 0 aliphatic rings. The number of hydrogen-bond donors (Lipinski definition) is 1. The average molecular weight is 221 g/mol. The van der Waals surface area contributed by atoms with Crippen molar-refractivity contribution in [1.82, 2.24) is 0 Å². The predicted molar refractivity (Wildman–Crippen MR) is 76.3 cm³/mol. The minimum absolute atomic E-state index is 1.05. The van der Waals surface area contributed by atoms with Crippen LogP contribution >= 0.6 is 0 Å². The van der Waals surface area contributed by atoms with Crippen LogP contribution in [-0.2, 0) is 0 Å². The molecule has 0 unspecified atom stereocenters. The topological polar surface area (TPSA) is 12.0 Å². The lowest BCUT2D eigenvalue weighted by Gasteiger charge is -2.11. The first-order chi connectivity index (χ1) is 8.35. The minimum Gasteiger partial charge on any atom is -0.355 e.